The number of anilines is 2. The fraction of sp³-hybridized carbons (Fsp3) is 0.208. The van der Waals surface area contributed by atoms with E-state index < -0.39 is 5.41 Å². The van der Waals surface area contributed by atoms with E-state index in [-0.39, 0.29) is 11.9 Å². The fourth-order valence-corrected chi connectivity index (χ4v) is 3.19. The Morgan fingerprint density at radius 2 is 1.74 bits per heavy atom. The van der Waals surface area contributed by atoms with Crippen LogP contribution in [0.15, 0.2) is 66.9 Å². The van der Waals surface area contributed by atoms with Gasteiger partial charge in [0.15, 0.2) is 0 Å². The Bertz CT molecular complexity index is 1060. The summed E-state index contributed by atoms with van der Waals surface area (Å²) in [7, 11) is 1.39. The van der Waals surface area contributed by atoms with Gasteiger partial charge in [-0.25, -0.2) is 4.98 Å². The Kier molecular flexibility index (Phi) is 6.92. The largest absolute Gasteiger partial charge is 0.468 e. The molecule has 0 fully saturated rings. The zero-order chi connectivity index (χ0) is 22.4. The summed E-state index contributed by atoms with van der Waals surface area (Å²) in [4.78, 5) is 28.8. The van der Waals surface area contributed by atoms with Crippen molar-refractivity contribution in [3.63, 3.8) is 0 Å². The maximum absolute atomic E-state index is 12.7. The first-order valence-electron chi connectivity index (χ1n) is 9.75. The van der Waals surface area contributed by atoms with E-state index in [0.717, 1.165) is 11.1 Å². The van der Waals surface area contributed by atoms with E-state index in [4.69, 9.17) is 16.3 Å². The Balaban J connectivity index is 1.69. The Morgan fingerprint density at radius 3 is 2.39 bits per heavy atom. The summed E-state index contributed by atoms with van der Waals surface area (Å²) in [6.07, 6.45) is 1.48. The van der Waals surface area contributed by atoms with E-state index in [2.05, 4.69) is 15.6 Å². The van der Waals surface area contributed by atoms with Crippen LogP contribution in [0.3, 0.4) is 0 Å². The molecule has 160 valence electrons. The third-order valence-corrected chi connectivity index (χ3v) is 5.22. The van der Waals surface area contributed by atoms with Crippen LogP contribution in [0, 0.1) is 0 Å². The second-order valence-corrected chi connectivity index (χ2v) is 7.96. The first-order chi connectivity index (χ1) is 14.8. The lowest BCUT2D eigenvalue weighted by Crippen LogP contribution is -2.30. The summed E-state index contributed by atoms with van der Waals surface area (Å²) in [6.45, 7) is 4.18. The number of carbonyl (C=O) groups excluding carboxylic acids is 2. The number of hydrogen-bond acceptors (Lipinski definition) is 5. The maximum atomic E-state index is 12.7. The molecule has 0 spiro atoms. The van der Waals surface area contributed by atoms with Gasteiger partial charge in [0.1, 0.15) is 5.82 Å². The van der Waals surface area contributed by atoms with Gasteiger partial charge in [-0.2, -0.15) is 0 Å². The van der Waals surface area contributed by atoms with Gasteiger partial charge in [-0.15, -0.1) is 0 Å². The Hall–Kier alpha value is -3.38. The molecule has 0 saturated carbocycles. The monoisotopic (exact) mass is 437 g/mol. The number of nitrogens with one attached hydrogen (secondary N) is 2. The molecular formula is C24H24ClN3O3. The number of hydrogen-bond donors (Lipinski definition) is 2. The van der Waals surface area contributed by atoms with Gasteiger partial charge >= 0.3 is 5.97 Å². The quantitative estimate of drug-likeness (QED) is 0.505. The zero-order valence-corrected chi connectivity index (χ0v) is 18.4. The number of benzene rings is 2. The second-order valence-electron chi connectivity index (χ2n) is 7.53. The molecule has 2 aromatic carbocycles. The van der Waals surface area contributed by atoms with E-state index in [9.17, 15) is 9.59 Å². The lowest BCUT2D eigenvalue weighted by Gasteiger charge is -2.22. The molecule has 6 nitrogen and oxygen atoms in total. The SMILES string of the molecule is COC(=O)C(C)(C)c1ccc(CNc2ccccc2C(=O)Nc2ccc(Cl)cn2)cc1. The lowest BCUT2D eigenvalue weighted by molar-refractivity contribution is -0.146. The van der Waals surface area contributed by atoms with Crippen molar-refractivity contribution < 1.29 is 14.3 Å². The summed E-state index contributed by atoms with van der Waals surface area (Å²) in [5.74, 6) is -0.130. The van der Waals surface area contributed by atoms with Crippen molar-refractivity contribution in [1.82, 2.24) is 4.98 Å². The van der Waals surface area contributed by atoms with Crippen molar-refractivity contribution in [1.29, 1.82) is 0 Å². The van der Waals surface area contributed by atoms with Gasteiger partial charge in [0.05, 0.1) is 23.1 Å². The van der Waals surface area contributed by atoms with Crippen LogP contribution in [0.1, 0.15) is 35.3 Å². The summed E-state index contributed by atoms with van der Waals surface area (Å²) in [5, 5.41) is 6.58. The van der Waals surface area contributed by atoms with Crippen molar-refractivity contribution in [2.45, 2.75) is 25.8 Å². The van der Waals surface area contributed by atoms with Crippen LogP contribution in [0.4, 0.5) is 11.5 Å². The number of halogens is 1. The number of amides is 1. The topological polar surface area (TPSA) is 80.3 Å². The van der Waals surface area contributed by atoms with Gasteiger partial charge in [0.25, 0.3) is 5.91 Å². The molecule has 0 saturated heterocycles. The summed E-state index contributed by atoms with van der Waals surface area (Å²) >= 11 is 5.84. The number of rotatable bonds is 7. The highest BCUT2D eigenvalue weighted by Crippen LogP contribution is 2.25. The molecule has 7 heteroatoms. The molecular weight excluding hydrogens is 414 g/mol. The number of pyridine rings is 1. The molecule has 0 aliphatic rings. The number of ether oxygens (including phenoxy) is 1. The van der Waals surface area contributed by atoms with Crippen LogP contribution in [0.5, 0.6) is 0 Å². The van der Waals surface area contributed by atoms with Crippen LogP contribution in [-0.4, -0.2) is 24.0 Å². The standard InChI is InChI=1S/C24H24ClN3O3/c1-24(2,23(30)31-3)17-10-8-16(9-11-17)14-26-20-7-5-4-6-19(20)22(29)28-21-13-12-18(25)15-27-21/h4-13,15,26H,14H2,1-3H3,(H,27,28,29). The average Bonchev–Trinajstić information content (AvgIpc) is 2.79. The van der Waals surface area contributed by atoms with Crippen molar-refractivity contribution in [2.24, 2.45) is 0 Å². The van der Waals surface area contributed by atoms with Crippen molar-refractivity contribution in [3.05, 3.63) is 88.6 Å². The molecule has 1 aromatic heterocycles. The van der Waals surface area contributed by atoms with Gasteiger partial charge in [-0.3, -0.25) is 9.59 Å². The summed E-state index contributed by atoms with van der Waals surface area (Å²) in [5.41, 5.74) is 2.37. The van der Waals surface area contributed by atoms with Gasteiger partial charge in [0.2, 0.25) is 0 Å². The van der Waals surface area contributed by atoms with Crippen LogP contribution in [0.25, 0.3) is 0 Å². The molecule has 0 radical (unpaired) electrons. The minimum absolute atomic E-state index is 0.270. The number of esters is 1. The highest BCUT2D eigenvalue weighted by atomic mass is 35.5. The zero-order valence-electron chi connectivity index (χ0n) is 17.6. The Labute approximate surface area is 186 Å². The smallest absolute Gasteiger partial charge is 0.315 e. The molecule has 0 unspecified atom stereocenters. The van der Waals surface area contributed by atoms with E-state index in [1.54, 1.807) is 24.3 Å². The van der Waals surface area contributed by atoms with E-state index in [0.29, 0.717) is 28.6 Å². The van der Waals surface area contributed by atoms with E-state index in [1.165, 1.54) is 13.3 Å². The molecule has 3 rings (SSSR count). The second kappa shape index (κ2) is 9.62. The van der Waals surface area contributed by atoms with Crippen molar-refractivity contribution >= 4 is 35.0 Å². The molecule has 3 aromatic rings. The van der Waals surface area contributed by atoms with Gasteiger partial charge in [-0.1, -0.05) is 48.0 Å². The highest BCUT2D eigenvalue weighted by Gasteiger charge is 2.30. The minimum Gasteiger partial charge on any atom is -0.468 e. The average molecular weight is 438 g/mol. The Morgan fingerprint density at radius 1 is 1.03 bits per heavy atom. The van der Waals surface area contributed by atoms with Gasteiger partial charge in [-0.05, 0) is 49.2 Å². The molecule has 1 amide bonds. The van der Waals surface area contributed by atoms with Crippen LogP contribution in [0.2, 0.25) is 5.02 Å². The van der Waals surface area contributed by atoms with Crippen molar-refractivity contribution in [3.8, 4) is 0 Å². The van der Waals surface area contributed by atoms with Crippen molar-refractivity contribution in [2.75, 3.05) is 17.7 Å². The van der Waals surface area contributed by atoms with E-state index in [1.807, 2.05) is 50.2 Å². The highest BCUT2D eigenvalue weighted by molar-refractivity contribution is 6.30. The van der Waals surface area contributed by atoms with E-state index >= 15 is 0 Å². The lowest BCUT2D eigenvalue weighted by atomic mass is 9.84. The molecule has 0 aliphatic heterocycles. The predicted molar refractivity (Wildman–Crippen MR) is 122 cm³/mol. The number of nitrogens with zero attached hydrogens (tertiary/aromatic N) is 1. The normalized spacial score (nSPS) is 11.0. The summed E-state index contributed by atoms with van der Waals surface area (Å²) < 4.78 is 4.89. The number of carbonyl (C=O) groups is 2. The van der Waals surface area contributed by atoms with Crippen LogP contribution >= 0.6 is 11.6 Å². The maximum Gasteiger partial charge on any atom is 0.315 e. The molecule has 0 atom stereocenters. The number of para-hydroxylation sites is 1. The van der Waals surface area contributed by atoms with Gasteiger partial charge in [0, 0.05) is 18.4 Å². The third-order valence-electron chi connectivity index (χ3n) is 4.99. The van der Waals surface area contributed by atoms with Crippen LogP contribution < -0.4 is 10.6 Å². The predicted octanol–water partition coefficient (Wildman–Crippen LogP) is 5.05. The molecule has 31 heavy (non-hydrogen) atoms. The molecule has 1 heterocycles. The van der Waals surface area contributed by atoms with Gasteiger partial charge < -0.3 is 15.4 Å². The first kappa shape index (κ1) is 22.3. The third kappa shape index (κ3) is 5.41. The summed E-state index contributed by atoms with van der Waals surface area (Å²) in [6, 6.07) is 18.3. The number of methoxy groups -OCH3 is 1. The minimum atomic E-state index is -0.721. The fourth-order valence-electron chi connectivity index (χ4n) is 3.08. The first-order valence-corrected chi connectivity index (χ1v) is 10.1. The molecule has 0 bridgehead atoms. The molecule has 2 N–H and O–H groups in total. The number of aromatic nitrogens is 1. The molecule has 0 aliphatic carbocycles. The van der Waals surface area contributed by atoms with Crippen LogP contribution in [-0.2, 0) is 21.5 Å².